The molecule has 1 saturated heterocycles. The zero-order chi connectivity index (χ0) is 14.3. The average Bonchev–Trinajstić information content (AvgIpc) is 2.31. The van der Waals surface area contributed by atoms with Crippen molar-refractivity contribution in [2.45, 2.75) is 77.0 Å². The van der Waals surface area contributed by atoms with E-state index in [2.05, 4.69) is 5.32 Å². The maximum atomic E-state index is 10.9. The van der Waals surface area contributed by atoms with Crippen LogP contribution in [-0.2, 0) is 14.3 Å². The highest BCUT2D eigenvalue weighted by atomic mass is 16.5. The lowest BCUT2D eigenvalue weighted by Gasteiger charge is -2.35. The standard InChI is InChI=1S/C14H25NO4/c1-10-13(19-11(2)16)9-8-12(15-10)6-4-3-5-7-14(17)18/h10,12-13,15H,3-9H2,1-2H3,(H,17,18)/t10-,12+,13-/m0/s1. The molecule has 1 fully saturated rings. The zero-order valence-corrected chi connectivity index (χ0v) is 11.9. The molecule has 5 heteroatoms. The van der Waals surface area contributed by atoms with Crippen LogP contribution >= 0.6 is 0 Å². The summed E-state index contributed by atoms with van der Waals surface area (Å²) in [6, 6.07) is 0.660. The number of unbranched alkanes of at least 4 members (excludes halogenated alkanes) is 2. The van der Waals surface area contributed by atoms with Crippen molar-refractivity contribution in [3.8, 4) is 0 Å². The fraction of sp³-hybridized carbons (Fsp3) is 0.857. The normalized spacial score (nSPS) is 26.9. The zero-order valence-electron chi connectivity index (χ0n) is 11.9. The number of hydrogen-bond donors (Lipinski definition) is 2. The van der Waals surface area contributed by atoms with Gasteiger partial charge in [-0.15, -0.1) is 0 Å². The van der Waals surface area contributed by atoms with Gasteiger partial charge in [0.2, 0.25) is 0 Å². The van der Waals surface area contributed by atoms with E-state index in [0.717, 1.165) is 38.5 Å². The Morgan fingerprint density at radius 1 is 1.26 bits per heavy atom. The molecule has 1 rings (SSSR count). The van der Waals surface area contributed by atoms with E-state index >= 15 is 0 Å². The molecule has 2 N–H and O–H groups in total. The minimum absolute atomic E-state index is 0.0132. The molecule has 1 aliphatic rings. The summed E-state index contributed by atoms with van der Waals surface area (Å²) in [6.07, 6.45) is 6.02. The van der Waals surface area contributed by atoms with E-state index in [1.165, 1.54) is 6.92 Å². The molecule has 0 amide bonds. The molecule has 1 aliphatic heterocycles. The van der Waals surface area contributed by atoms with Crippen LogP contribution in [0, 0.1) is 0 Å². The third kappa shape index (κ3) is 6.57. The summed E-state index contributed by atoms with van der Waals surface area (Å²) in [4.78, 5) is 21.3. The largest absolute Gasteiger partial charge is 0.481 e. The van der Waals surface area contributed by atoms with Gasteiger partial charge in [-0.3, -0.25) is 9.59 Å². The van der Waals surface area contributed by atoms with Crippen molar-refractivity contribution in [2.24, 2.45) is 0 Å². The lowest BCUT2D eigenvalue weighted by molar-refractivity contribution is -0.149. The number of carboxylic acid groups (broad SMARTS) is 1. The van der Waals surface area contributed by atoms with E-state index in [9.17, 15) is 9.59 Å². The van der Waals surface area contributed by atoms with E-state index in [0.29, 0.717) is 6.04 Å². The van der Waals surface area contributed by atoms with Gasteiger partial charge in [-0.1, -0.05) is 12.8 Å². The van der Waals surface area contributed by atoms with Gasteiger partial charge in [-0.05, 0) is 32.6 Å². The van der Waals surface area contributed by atoms with E-state index in [4.69, 9.17) is 9.84 Å². The highest BCUT2D eigenvalue weighted by Crippen LogP contribution is 2.20. The summed E-state index contributed by atoms with van der Waals surface area (Å²) in [5.74, 6) is -0.931. The number of hydrogen-bond acceptors (Lipinski definition) is 4. The molecule has 0 saturated carbocycles. The fourth-order valence-electron chi connectivity index (χ4n) is 2.62. The topological polar surface area (TPSA) is 75.6 Å². The van der Waals surface area contributed by atoms with Gasteiger partial charge in [-0.25, -0.2) is 0 Å². The van der Waals surface area contributed by atoms with Gasteiger partial charge < -0.3 is 15.2 Å². The molecule has 0 unspecified atom stereocenters. The Bertz CT molecular complexity index is 306. The summed E-state index contributed by atoms with van der Waals surface area (Å²) in [7, 11) is 0. The van der Waals surface area contributed by atoms with Crippen LogP contribution in [0.4, 0.5) is 0 Å². The average molecular weight is 271 g/mol. The molecule has 3 atom stereocenters. The third-order valence-corrected chi connectivity index (χ3v) is 3.62. The molecule has 0 aromatic rings. The molecule has 0 aliphatic carbocycles. The van der Waals surface area contributed by atoms with Gasteiger partial charge in [0.1, 0.15) is 6.10 Å². The van der Waals surface area contributed by atoms with Gasteiger partial charge in [-0.2, -0.15) is 0 Å². The number of aliphatic carboxylic acids is 1. The molecular formula is C14H25NO4. The maximum Gasteiger partial charge on any atom is 0.303 e. The highest BCUT2D eigenvalue weighted by Gasteiger charge is 2.28. The number of piperidine rings is 1. The Labute approximate surface area is 114 Å². The first-order chi connectivity index (χ1) is 8.99. The minimum atomic E-state index is -0.714. The molecule has 5 nitrogen and oxygen atoms in total. The Morgan fingerprint density at radius 2 is 2.00 bits per heavy atom. The number of rotatable bonds is 7. The Hall–Kier alpha value is -1.10. The SMILES string of the molecule is CC(=O)O[C@H]1CC[C@@H](CCCCCC(=O)O)N[C@H]1C. The first kappa shape index (κ1) is 16.0. The van der Waals surface area contributed by atoms with Crippen LogP contribution in [0.5, 0.6) is 0 Å². The maximum absolute atomic E-state index is 10.9. The van der Waals surface area contributed by atoms with Gasteiger partial charge in [0.15, 0.2) is 0 Å². The van der Waals surface area contributed by atoms with Crippen LogP contribution in [0.2, 0.25) is 0 Å². The summed E-state index contributed by atoms with van der Waals surface area (Å²) in [5, 5.41) is 12.0. The van der Waals surface area contributed by atoms with Crippen LogP contribution in [0.15, 0.2) is 0 Å². The predicted molar refractivity (Wildman–Crippen MR) is 71.9 cm³/mol. The van der Waals surface area contributed by atoms with Crippen molar-refractivity contribution in [3.05, 3.63) is 0 Å². The Kier molecular flexibility index (Phi) is 6.84. The molecular weight excluding hydrogens is 246 g/mol. The minimum Gasteiger partial charge on any atom is -0.481 e. The van der Waals surface area contributed by atoms with E-state index in [1.807, 2.05) is 6.92 Å². The number of esters is 1. The van der Waals surface area contributed by atoms with Gasteiger partial charge in [0, 0.05) is 25.4 Å². The third-order valence-electron chi connectivity index (χ3n) is 3.62. The van der Waals surface area contributed by atoms with Crippen molar-refractivity contribution in [1.82, 2.24) is 5.32 Å². The molecule has 1 heterocycles. The summed E-state index contributed by atoms with van der Waals surface area (Å²) >= 11 is 0. The summed E-state index contributed by atoms with van der Waals surface area (Å²) in [6.45, 7) is 3.49. The van der Waals surface area contributed by atoms with Crippen LogP contribution in [0.1, 0.15) is 58.8 Å². The van der Waals surface area contributed by atoms with Crippen molar-refractivity contribution >= 4 is 11.9 Å². The molecule has 0 aromatic heterocycles. The second-order valence-electron chi connectivity index (χ2n) is 5.37. The van der Waals surface area contributed by atoms with Crippen LogP contribution in [0.3, 0.4) is 0 Å². The first-order valence-corrected chi connectivity index (χ1v) is 7.14. The van der Waals surface area contributed by atoms with Crippen LogP contribution in [-0.4, -0.2) is 35.2 Å². The van der Waals surface area contributed by atoms with Gasteiger partial charge >= 0.3 is 11.9 Å². The first-order valence-electron chi connectivity index (χ1n) is 7.14. The quantitative estimate of drug-likeness (QED) is 0.548. The summed E-state index contributed by atoms with van der Waals surface area (Å²) in [5.41, 5.74) is 0. The molecule has 0 aromatic carbocycles. The lowest BCUT2D eigenvalue weighted by atomic mass is 9.93. The van der Waals surface area contributed by atoms with E-state index < -0.39 is 5.97 Å². The number of carbonyl (C=O) groups excluding carboxylic acids is 1. The summed E-state index contributed by atoms with van der Waals surface area (Å²) < 4.78 is 5.25. The second-order valence-corrected chi connectivity index (χ2v) is 5.37. The molecule has 0 radical (unpaired) electrons. The molecule has 19 heavy (non-hydrogen) atoms. The lowest BCUT2D eigenvalue weighted by Crippen LogP contribution is -2.50. The second kappa shape index (κ2) is 8.15. The molecule has 0 spiro atoms. The Balaban J connectivity index is 2.14. The van der Waals surface area contributed by atoms with E-state index in [1.54, 1.807) is 0 Å². The monoisotopic (exact) mass is 271 g/mol. The van der Waals surface area contributed by atoms with Gasteiger partial charge in [0.05, 0.1) is 0 Å². The van der Waals surface area contributed by atoms with Crippen molar-refractivity contribution in [2.75, 3.05) is 0 Å². The highest BCUT2D eigenvalue weighted by molar-refractivity contribution is 5.66. The van der Waals surface area contributed by atoms with E-state index in [-0.39, 0.29) is 24.5 Å². The predicted octanol–water partition coefficient (Wildman–Crippen LogP) is 2.09. The van der Waals surface area contributed by atoms with Gasteiger partial charge in [0.25, 0.3) is 0 Å². The number of carbonyl (C=O) groups is 2. The van der Waals surface area contributed by atoms with Crippen molar-refractivity contribution in [1.29, 1.82) is 0 Å². The van der Waals surface area contributed by atoms with Crippen molar-refractivity contribution < 1.29 is 19.4 Å². The Morgan fingerprint density at radius 3 is 2.58 bits per heavy atom. The van der Waals surface area contributed by atoms with Crippen LogP contribution < -0.4 is 5.32 Å². The molecule has 0 bridgehead atoms. The number of carboxylic acids is 1. The van der Waals surface area contributed by atoms with Crippen LogP contribution in [0.25, 0.3) is 0 Å². The number of nitrogens with one attached hydrogen (secondary N) is 1. The molecule has 110 valence electrons. The smallest absolute Gasteiger partial charge is 0.303 e. The van der Waals surface area contributed by atoms with Crippen molar-refractivity contribution in [3.63, 3.8) is 0 Å². The number of ether oxygens (including phenoxy) is 1. The fourth-order valence-corrected chi connectivity index (χ4v) is 2.62.